The van der Waals surface area contributed by atoms with Gasteiger partial charge >= 0.3 is 0 Å². The average molecular weight is 371 g/mol. The molecule has 5 nitrogen and oxygen atoms in total. The molecule has 2 heterocycles. The SMILES string of the molecule is Cc1cc(C)c(Oc2cccc(-[n+]3[c-]n(C)cc3)n2)cc1Oc1ccccc1. The quantitative estimate of drug-likeness (QED) is 0.377. The van der Waals surface area contributed by atoms with E-state index in [-0.39, 0.29) is 0 Å². The van der Waals surface area contributed by atoms with Crippen molar-refractivity contribution in [3.8, 4) is 28.9 Å². The van der Waals surface area contributed by atoms with Crippen molar-refractivity contribution in [2.45, 2.75) is 13.8 Å². The van der Waals surface area contributed by atoms with Crippen molar-refractivity contribution in [1.29, 1.82) is 0 Å². The van der Waals surface area contributed by atoms with E-state index in [9.17, 15) is 0 Å². The number of rotatable bonds is 5. The fourth-order valence-electron chi connectivity index (χ4n) is 2.89. The molecule has 4 aromatic rings. The van der Waals surface area contributed by atoms with Crippen LogP contribution in [-0.2, 0) is 7.05 Å². The smallest absolute Gasteiger partial charge is 0.285 e. The summed E-state index contributed by atoms with van der Waals surface area (Å²) >= 11 is 0. The fourth-order valence-corrected chi connectivity index (χ4v) is 2.89. The maximum absolute atomic E-state index is 6.09. The van der Waals surface area contributed by atoms with E-state index in [0.29, 0.717) is 11.6 Å². The Balaban J connectivity index is 1.62. The summed E-state index contributed by atoms with van der Waals surface area (Å²) in [5.41, 5.74) is 2.06. The van der Waals surface area contributed by atoms with Gasteiger partial charge in [-0.1, -0.05) is 24.3 Å². The van der Waals surface area contributed by atoms with Gasteiger partial charge in [-0.15, -0.1) is 4.98 Å². The second-order valence-corrected chi connectivity index (χ2v) is 6.61. The van der Waals surface area contributed by atoms with Crippen LogP contribution in [0, 0.1) is 20.2 Å². The summed E-state index contributed by atoms with van der Waals surface area (Å²) in [6, 6.07) is 19.3. The molecule has 0 N–H and O–H groups in total. The molecular formula is C23H21N3O2. The largest absolute Gasteiger partial charge is 0.457 e. The molecule has 0 saturated carbocycles. The molecule has 2 aromatic carbocycles. The summed E-state index contributed by atoms with van der Waals surface area (Å²) in [6.45, 7) is 4.04. The minimum atomic E-state index is 0.514. The van der Waals surface area contributed by atoms with Crippen molar-refractivity contribution < 1.29 is 14.0 Å². The molecule has 4 rings (SSSR count). The lowest BCUT2D eigenvalue weighted by Crippen LogP contribution is -2.29. The van der Waals surface area contributed by atoms with Crippen LogP contribution in [0.5, 0.6) is 23.1 Å². The molecule has 5 heteroatoms. The zero-order valence-electron chi connectivity index (χ0n) is 16.1. The van der Waals surface area contributed by atoms with Crippen molar-refractivity contribution in [3.63, 3.8) is 0 Å². The van der Waals surface area contributed by atoms with Gasteiger partial charge in [0.15, 0.2) is 12.1 Å². The molecule has 0 unspecified atom stereocenters. The van der Waals surface area contributed by atoms with E-state index in [1.807, 2.05) is 97.0 Å². The second kappa shape index (κ2) is 7.56. The topological polar surface area (TPSA) is 40.2 Å². The van der Waals surface area contributed by atoms with E-state index < -0.39 is 0 Å². The van der Waals surface area contributed by atoms with Gasteiger partial charge in [0, 0.05) is 19.2 Å². The zero-order chi connectivity index (χ0) is 19.5. The molecule has 28 heavy (non-hydrogen) atoms. The minimum Gasteiger partial charge on any atom is -0.457 e. The lowest BCUT2D eigenvalue weighted by Gasteiger charge is -2.13. The molecule has 2 aromatic heterocycles. The third-order valence-corrected chi connectivity index (χ3v) is 4.32. The van der Waals surface area contributed by atoms with E-state index in [0.717, 1.165) is 28.4 Å². The van der Waals surface area contributed by atoms with Crippen LogP contribution in [0.25, 0.3) is 5.82 Å². The normalized spacial score (nSPS) is 10.7. The summed E-state index contributed by atoms with van der Waals surface area (Å²) in [5.74, 6) is 3.51. The maximum Gasteiger partial charge on any atom is 0.285 e. The number of ether oxygens (including phenoxy) is 2. The van der Waals surface area contributed by atoms with E-state index in [1.54, 1.807) is 0 Å². The lowest BCUT2D eigenvalue weighted by molar-refractivity contribution is -0.603. The van der Waals surface area contributed by atoms with Crippen molar-refractivity contribution in [3.05, 3.63) is 90.5 Å². The van der Waals surface area contributed by atoms with E-state index in [4.69, 9.17) is 9.47 Å². The molecule has 0 aliphatic carbocycles. The van der Waals surface area contributed by atoms with E-state index >= 15 is 0 Å². The molecule has 0 aliphatic rings. The molecule has 0 atom stereocenters. The average Bonchev–Trinajstić information content (AvgIpc) is 3.13. The molecule has 0 spiro atoms. The third-order valence-electron chi connectivity index (χ3n) is 4.32. The predicted molar refractivity (Wildman–Crippen MR) is 106 cm³/mol. The molecule has 0 aliphatic heterocycles. The Hall–Kier alpha value is -3.60. The predicted octanol–water partition coefficient (Wildman–Crippen LogP) is 4.70. The first-order valence-electron chi connectivity index (χ1n) is 9.04. The summed E-state index contributed by atoms with van der Waals surface area (Å²) in [6.07, 6.45) is 6.94. The van der Waals surface area contributed by atoms with Crippen LogP contribution >= 0.6 is 0 Å². The van der Waals surface area contributed by atoms with Crippen LogP contribution in [0.15, 0.2) is 73.1 Å². The summed E-state index contributed by atoms with van der Waals surface area (Å²) in [7, 11) is 1.92. The van der Waals surface area contributed by atoms with Gasteiger partial charge in [-0.25, -0.2) is 0 Å². The highest BCUT2D eigenvalue weighted by atomic mass is 16.5. The first-order chi connectivity index (χ1) is 13.6. The van der Waals surface area contributed by atoms with Gasteiger partial charge in [-0.05, 0) is 61.6 Å². The highest BCUT2D eigenvalue weighted by Gasteiger charge is 2.11. The van der Waals surface area contributed by atoms with Gasteiger partial charge in [-0.3, -0.25) is 0 Å². The molecule has 0 radical (unpaired) electrons. The van der Waals surface area contributed by atoms with Crippen molar-refractivity contribution in [2.75, 3.05) is 0 Å². The second-order valence-electron chi connectivity index (χ2n) is 6.61. The van der Waals surface area contributed by atoms with Crippen LogP contribution in [0.2, 0.25) is 0 Å². The van der Waals surface area contributed by atoms with Crippen molar-refractivity contribution >= 4 is 0 Å². The summed E-state index contributed by atoms with van der Waals surface area (Å²) in [5, 5.41) is 0. The Bertz CT molecular complexity index is 1100. The van der Waals surface area contributed by atoms with Crippen LogP contribution in [0.1, 0.15) is 11.1 Å². The van der Waals surface area contributed by atoms with Gasteiger partial charge in [0.1, 0.15) is 17.2 Å². The number of nitrogens with zero attached hydrogens (tertiary/aromatic N) is 3. The Kier molecular flexibility index (Phi) is 4.81. The van der Waals surface area contributed by atoms with Crippen LogP contribution in [0.3, 0.4) is 0 Å². The van der Waals surface area contributed by atoms with Gasteiger partial charge < -0.3 is 18.6 Å². The van der Waals surface area contributed by atoms with E-state index in [1.165, 1.54) is 0 Å². The molecule has 140 valence electrons. The first kappa shape index (κ1) is 17.8. The molecule has 0 amide bonds. The summed E-state index contributed by atoms with van der Waals surface area (Å²) < 4.78 is 15.8. The number of benzene rings is 2. The molecule has 0 saturated heterocycles. The lowest BCUT2D eigenvalue weighted by atomic mass is 10.1. The van der Waals surface area contributed by atoms with Crippen LogP contribution in [0.4, 0.5) is 0 Å². The van der Waals surface area contributed by atoms with Gasteiger partial charge in [0.05, 0.1) is 0 Å². The highest BCUT2D eigenvalue weighted by molar-refractivity contribution is 5.48. The van der Waals surface area contributed by atoms with Gasteiger partial charge in [0.2, 0.25) is 0 Å². The number of aromatic nitrogens is 3. The molecule has 0 bridgehead atoms. The maximum atomic E-state index is 6.09. The standard InChI is InChI=1S/C23H21N3O2/c1-17-14-18(2)21(15-20(17)27-19-8-5-4-6-9-19)28-23-11-7-10-22(24-23)26-13-12-25(3)16-26/h4-15H,1-3H3. The Labute approximate surface area is 164 Å². The number of aryl methyl sites for hydroxylation is 3. The van der Waals surface area contributed by atoms with Gasteiger partial charge in [0.25, 0.3) is 5.88 Å². The number of pyridine rings is 1. The number of hydrogen-bond acceptors (Lipinski definition) is 3. The van der Waals surface area contributed by atoms with Crippen molar-refractivity contribution in [2.24, 2.45) is 7.05 Å². The van der Waals surface area contributed by atoms with Crippen molar-refractivity contribution in [1.82, 2.24) is 9.55 Å². The zero-order valence-corrected chi connectivity index (χ0v) is 16.1. The highest BCUT2D eigenvalue weighted by Crippen LogP contribution is 2.33. The Morgan fingerprint density at radius 2 is 1.64 bits per heavy atom. The minimum absolute atomic E-state index is 0.514. The van der Waals surface area contributed by atoms with Gasteiger partial charge in [-0.2, -0.15) is 0 Å². The fraction of sp³-hybridized carbons (Fsp3) is 0.130. The molecular weight excluding hydrogens is 350 g/mol. The van der Waals surface area contributed by atoms with E-state index in [2.05, 4.69) is 17.4 Å². The van der Waals surface area contributed by atoms with Crippen LogP contribution in [-0.4, -0.2) is 9.55 Å². The Morgan fingerprint density at radius 1 is 0.893 bits per heavy atom. The van der Waals surface area contributed by atoms with Crippen LogP contribution < -0.4 is 14.0 Å². The Morgan fingerprint density at radius 3 is 2.36 bits per heavy atom. The third kappa shape index (κ3) is 3.88. The monoisotopic (exact) mass is 371 g/mol. The number of hydrogen-bond donors (Lipinski definition) is 0. The summed E-state index contributed by atoms with van der Waals surface area (Å²) in [4.78, 5) is 4.58. The number of imidazole rings is 1. The first-order valence-corrected chi connectivity index (χ1v) is 9.04. The number of para-hydroxylation sites is 1. The molecule has 0 fully saturated rings.